The van der Waals surface area contributed by atoms with Crippen molar-refractivity contribution >= 4 is 23.2 Å². The van der Waals surface area contributed by atoms with Crippen LogP contribution in [0.4, 0.5) is 0 Å². The Morgan fingerprint density at radius 3 is 2.29 bits per heavy atom. The van der Waals surface area contributed by atoms with Crippen LogP contribution in [0.25, 0.3) is 11.1 Å². The predicted molar refractivity (Wildman–Crippen MR) is 121 cm³/mol. The lowest BCUT2D eigenvalue weighted by Crippen LogP contribution is -2.34. The van der Waals surface area contributed by atoms with E-state index in [9.17, 15) is 0 Å². The Kier molecular flexibility index (Phi) is 6.04. The van der Waals surface area contributed by atoms with E-state index in [1.807, 2.05) is 24.3 Å². The fraction of sp³-hybridized carbons (Fsp3) is 0.440. The number of benzene rings is 2. The number of halogens is 2. The molecule has 0 spiro atoms. The van der Waals surface area contributed by atoms with Crippen LogP contribution in [0, 0.1) is 11.8 Å². The second-order valence-corrected chi connectivity index (χ2v) is 9.44. The number of likely N-dealkylation sites (tertiary alicyclic amines) is 1. The minimum atomic E-state index is 0.512. The fourth-order valence-electron chi connectivity index (χ4n) is 4.83. The number of hydrogen-bond acceptors (Lipinski definition) is 1. The number of allylic oxidation sites excluding steroid dienone is 1. The van der Waals surface area contributed by atoms with Crippen LogP contribution in [0.5, 0.6) is 0 Å². The quantitative estimate of drug-likeness (QED) is 0.497. The highest BCUT2D eigenvalue weighted by atomic mass is 35.5. The van der Waals surface area contributed by atoms with Gasteiger partial charge in [-0.15, -0.1) is 0 Å². The molecule has 1 aliphatic carbocycles. The number of hydrogen-bond donors (Lipinski definition) is 0. The van der Waals surface area contributed by atoms with Gasteiger partial charge in [-0.1, -0.05) is 61.0 Å². The van der Waals surface area contributed by atoms with E-state index in [0.717, 1.165) is 40.1 Å². The molecule has 2 aromatic rings. The Morgan fingerprint density at radius 1 is 0.929 bits per heavy atom. The van der Waals surface area contributed by atoms with E-state index in [2.05, 4.69) is 36.6 Å². The molecule has 1 aliphatic heterocycles. The van der Waals surface area contributed by atoms with Gasteiger partial charge in [0.2, 0.25) is 0 Å². The molecule has 1 nitrogen and oxygen atoms in total. The number of nitrogens with zero attached hydrogens (tertiary/aromatic N) is 1. The molecule has 0 aromatic heterocycles. The predicted octanol–water partition coefficient (Wildman–Crippen LogP) is 7.62. The summed E-state index contributed by atoms with van der Waals surface area (Å²) in [4.78, 5) is 2.60. The van der Waals surface area contributed by atoms with Crippen molar-refractivity contribution in [1.82, 2.24) is 4.90 Å². The topological polar surface area (TPSA) is 3.24 Å². The lowest BCUT2D eigenvalue weighted by molar-refractivity contribution is 0.195. The second kappa shape index (κ2) is 8.51. The van der Waals surface area contributed by atoms with Crippen LogP contribution in [0.1, 0.15) is 44.6 Å². The van der Waals surface area contributed by atoms with Gasteiger partial charge in [-0.2, -0.15) is 0 Å². The molecule has 1 saturated carbocycles. The summed E-state index contributed by atoms with van der Waals surface area (Å²) in [5.41, 5.74) is 4.83. The molecule has 0 amide bonds. The minimum absolute atomic E-state index is 0.512. The van der Waals surface area contributed by atoms with E-state index >= 15 is 0 Å². The van der Waals surface area contributed by atoms with Crippen LogP contribution in [-0.4, -0.2) is 17.5 Å². The third-order valence-electron chi connectivity index (χ3n) is 6.68. The monoisotopic (exact) mass is 413 g/mol. The highest BCUT2D eigenvalue weighted by Gasteiger charge is 2.33. The molecule has 3 heteroatoms. The first kappa shape index (κ1) is 19.9. The summed E-state index contributed by atoms with van der Waals surface area (Å²) in [6.45, 7) is 8.02. The molecule has 1 atom stereocenters. The van der Waals surface area contributed by atoms with Crippen molar-refractivity contribution in [3.05, 3.63) is 70.3 Å². The largest absolute Gasteiger partial charge is 0.372 e. The molecule has 1 unspecified atom stereocenters. The van der Waals surface area contributed by atoms with Gasteiger partial charge in [-0.3, -0.25) is 0 Å². The summed E-state index contributed by atoms with van der Waals surface area (Å²) < 4.78 is 0. The van der Waals surface area contributed by atoms with E-state index in [-0.39, 0.29) is 0 Å². The molecular weight excluding hydrogens is 385 g/mol. The molecule has 4 rings (SSSR count). The van der Waals surface area contributed by atoms with Gasteiger partial charge >= 0.3 is 0 Å². The Bertz CT molecular complexity index is 834. The molecule has 1 saturated heterocycles. The van der Waals surface area contributed by atoms with Crippen molar-refractivity contribution in [3.63, 3.8) is 0 Å². The zero-order chi connectivity index (χ0) is 19.7. The van der Waals surface area contributed by atoms with E-state index in [0.29, 0.717) is 12.0 Å². The lowest BCUT2D eigenvalue weighted by atomic mass is 9.86. The molecule has 0 radical (unpaired) electrons. The van der Waals surface area contributed by atoms with Crippen molar-refractivity contribution in [2.75, 3.05) is 6.54 Å². The highest BCUT2D eigenvalue weighted by molar-refractivity contribution is 6.31. The molecule has 0 N–H and O–H groups in total. The maximum absolute atomic E-state index is 6.67. The lowest BCUT2D eigenvalue weighted by Gasteiger charge is -2.36. The zero-order valence-electron chi connectivity index (χ0n) is 16.6. The summed E-state index contributed by atoms with van der Waals surface area (Å²) in [6, 6.07) is 15.1. The van der Waals surface area contributed by atoms with Crippen LogP contribution >= 0.6 is 23.2 Å². The maximum atomic E-state index is 6.67. The smallest absolute Gasteiger partial charge is 0.0444 e. The first-order valence-electron chi connectivity index (χ1n) is 10.5. The average molecular weight is 414 g/mol. The van der Waals surface area contributed by atoms with Crippen molar-refractivity contribution < 1.29 is 0 Å². The molecule has 1 heterocycles. The van der Waals surface area contributed by atoms with Crippen LogP contribution in [-0.2, 0) is 6.42 Å². The van der Waals surface area contributed by atoms with Crippen LogP contribution < -0.4 is 0 Å². The van der Waals surface area contributed by atoms with E-state index < -0.39 is 0 Å². The Hall–Kier alpha value is -1.44. The molecule has 2 aliphatic rings. The molecular formula is C25H29Cl2N. The van der Waals surface area contributed by atoms with Crippen molar-refractivity contribution in [2.45, 2.75) is 51.5 Å². The molecule has 28 heavy (non-hydrogen) atoms. The van der Waals surface area contributed by atoms with Gasteiger partial charge in [0, 0.05) is 34.2 Å². The van der Waals surface area contributed by atoms with Gasteiger partial charge in [0.25, 0.3) is 0 Å². The Balaban J connectivity index is 1.43. The van der Waals surface area contributed by atoms with Crippen molar-refractivity contribution in [3.8, 4) is 11.1 Å². The molecule has 0 bridgehead atoms. The minimum Gasteiger partial charge on any atom is -0.372 e. The summed E-state index contributed by atoms with van der Waals surface area (Å²) >= 11 is 12.7. The Morgan fingerprint density at radius 2 is 1.61 bits per heavy atom. The summed E-state index contributed by atoms with van der Waals surface area (Å²) in [6.07, 6.45) is 7.54. The average Bonchev–Trinajstić information content (AvgIpc) is 3.05. The fourth-order valence-corrected chi connectivity index (χ4v) is 5.21. The summed E-state index contributed by atoms with van der Waals surface area (Å²) in [5.74, 6) is 1.40. The molecule has 148 valence electrons. The van der Waals surface area contributed by atoms with Gasteiger partial charge in [-0.25, -0.2) is 0 Å². The third kappa shape index (κ3) is 4.26. The van der Waals surface area contributed by atoms with Crippen LogP contribution in [0.2, 0.25) is 10.0 Å². The SMILES string of the molecule is C=C1C(Cc2ccc(-c3ccc(Cl)cc3)cc2Cl)CCN1C1CCC(C)CC1. The first-order chi connectivity index (χ1) is 13.5. The first-order valence-corrected chi connectivity index (χ1v) is 11.3. The molecule has 2 aromatic carbocycles. The summed E-state index contributed by atoms with van der Waals surface area (Å²) in [5, 5.41) is 1.60. The van der Waals surface area contributed by atoms with Crippen molar-refractivity contribution in [2.24, 2.45) is 11.8 Å². The van der Waals surface area contributed by atoms with E-state index in [4.69, 9.17) is 23.2 Å². The van der Waals surface area contributed by atoms with Crippen molar-refractivity contribution in [1.29, 1.82) is 0 Å². The van der Waals surface area contributed by atoms with Gasteiger partial charge in [-0.05, 0) is 79.3 Å². The van der Waals surface area contributed by atoms with E-state index in [1.54, 1.807) is 0 Å². The normalized spacial score (nSPS) is 25.3. The summed E-state index contributed by atoms with van der Waals surface area (Å²) in [7, 11) is 0. The second-order valence-electron chi connectivity index (χ2n) is 8.60. The Labute approximate surface area is 179 Å². The van der Waals surface area contributed by atoms with Gasteiger partial charge in [0.15, 0.2) is 0 Å². The number of rotatable bonds is 4. The van der Waals surface area contributed by atoms with E-state index in [1.165, 1.54) is 43.4 Å². The standard InChI is InChI=1S/C25H29Cl2N/c1-17-3-11-24(12-4-17)28-14-13-20(18(28)2)15-22-6-5-21(16-25(22)27)19-7-9-23(26)10-8-19/h5-10,16-17,20,24H,2-4,11-15H2,1H3. The van der Waals surface area contributed by atoms with Gasteiger partial charge in [0.05, 0.1) is 0 Å². The van der Waals surface area contributed by atoms with Gasteiger partial charge < -0.3 is 4.90 Å². The molecule has 2 fully saturated rings. The highest BCUT2D eigenvalue weighted by Crippen LogP contribution is 2.38. The van der Waals surface area contributed by atoms with Gasteiger partial charge in [0.1, 0.15) is 0 Å². The zero-order valence-corrected chi connectivity index (χ0v) is 18.1. The maximum Gasteiger partial charge on any atom is 0.0444 e. The van der Waals surface area contributed by atoms with Crippen LogP contribution in [0.15, 0.2) is 54.7 Å². The third-order valence-corrected chi connectivity index (χ3v) is 7.29. The van der Waals surface area contributed by atoms with Crippen LogP contribution in [0.3, 0.4) is 0 Å².